The van der Waals surface area contributed by atoms with Crippen molar-refractivity contribution in [2.75, 3.05) is 12.8 Å². The first-order valence-corrected chi connectivity index (χ1v) is 14.3. The van der Waals surface area contributed by atoms with Crippen molar-refractivity contribution in [1.29, 1.82) is 0 Å². The summed E-state index contributed by atoms with van der Waals surface area (Å²) in [5.74, 6) is -0.837. The molecule has 1 unspecified atom stereocenters. The maximum absolute atomic E-state index is 13.3. The van der Waals surface area contributed by atoms with Crippen LogP contribution >= 0.6 is 10.8 Å². The quantitative estimate of drug-likeness (QED) is 0.410. The molecule has 0 aliphatic carbocycles. The van der Waals surface area contributed by atoms with Crippen LogP contribution in [0.1, 0.15) is 21.9 Å². The van der Waals surface area contributed by atoms with E-state index < -0.39 is 37.9 Å². The third kappa shape index (κ3) is 5.93. The number of hydrogen-bond acceptors (Lipinski definition) is 7. The Labute approximate surface area is 210 Å². The van der Waals surface area contributed by atoms with Crippen LogP contribution in [0.3, 0.4) is 0 Å². The number of aliphatic imine (C=N–C) groups is 1. The van der Waals surface area contributed by atoms with Gasteiger partial charge in [-0.15, -0.1) is 10.8 Å². The normalized spacial score (nSPS) is 19.4. The molecule has 8 nitrogen and oxygen atoms in total. The molecule has 1 heterocycles. The minimum atomic E-state index is -3.63. The first kappa shape index (κ1) is 25.8. The number of nitrogens with zero attached hydrogens (tertiary/aromatic N) is 2. The molecule has 1 amide bonds. The van der Waals surface area contributed by atoms with Crippen LogP contribution in [-0.2, 0) is 27.9 Å². The van der Waals surface area contributed by atoms with Gasteiger partial charge in [0, 0.05) is 6.54 Å². The minimum Gasteiger partial charge on any atom is -0.383 e. The highest BCUT2D eigenvalue weighted by Crippen LogP contribution is 2.62. The maximum atomic E-state index is 13.3. The number of benzene rings is 3. The lowest BCUT2D eigenvalue weighted by atomic mass is 10.1. The molecule has 36 heavy (non-hydrogen) atoms. The van der Waals surface area contributed by atoms with Crippen LogP contribution in [0.25, 0.3) is 0 Å². The van der Waals surface area contributed by atoms with Gasteiger partial charge in [0.05, 0.1) is 12.8 Å². The highest BCUT2D eigenvalue weighted by atomic mass is 32.3. The average Bonchev–Trinajstić information content (AvgIpc) is 3.01. The second-order valence-electron chi connectivity index (χ2n) is 8.27. The Balaban J connectivity index is 1.58. The Kier molecular flexibility index (Phi) is 7.46. The Hall–Kier alpha value is -3.25. The van der Waals surface area contributed by atoms with Gasteiger partial charge in [-0.3, -0.25) is 18.9 Å². The molecule has 11 heteroatoms. The standard InChI is InChI=1S/C25H25FN2O6S2/c1-35(30,31)34-22-13-9-18(10-14-22)15-16-27-23-24(20-5-3-2-4-6-20)36(32,33)28(25(23)29)17-19-7-11-21(26)12-8-19/h2-14,24,32-33H,15-17H2,1H3. The first-order chi connectivity index (χ1) is 17.0. The van der Waals surface area contributed by atoms with Gasteiger partial charge in [-0.05, 0) is 47.4 Å². The smallest absolute Gasteiger partial charge is 0.306 e. The molecule has 1 saturated heterocycles. The average molecular weight is 533 g/mol. The van der Waals surface area contributed by atoms with Crippen LogP contribution in [0.4, 0.5) is 4.39 Å². The molecule has 0 bridgehead atoms. The summed E-state index contributed by atoms with van der Waals surface area (Å²) in [5, 5.41) is -1.03. The van der Waals surface area contributed by atoms with E-state index in [0.717, 1.165) is 16.1 Å². The molecule has 0 saturated carbocycles. The number of carbonyl (C=O) groups excluding carboxylic acids is 1. The van der Waals surface area contributed by atoms with Crippen LogP contribution in [0.15, 0.2) is 83.9 Å². The lowest BCUT2D eigenvalue weighted by Crippen LogP contribution is -2.28. The van der Waals surface area contributed by atoms with E-state index in [0.29, 0.717) is 17.5 Å². The summed E-state index contributed by atoms with van der Waals surface area (Å²) >= 11 is 0. The van der Waals surface area contributed by atoms with Crippen LogP contribution in [0, 0.1) is 5.82 Å². The Morgan fingerprint density at radius 1 is 0.972 bits per heavy atom. The molecule has 0 spiro atoms. The van der Waals surface area contributed by atoms with Crippen molar-refractivity contribution in [2.24, 2.45) is 4.99 Å². The number of carbonyl (C=O) groups is 1. The molecule has 190 valence electrons. The topological polar surface area (TPSA) is 117 Å². The van der Waals surface area contributed by atoms with Gasteiger partial charge in [-0.1, -0.05) is 54.6 Å². The maximum Gasteiger partial charge on any atom is 0.306 e. The lowest BCUT2D eigenvalue weighted by Gasteiger charge is -2.40. The first-order valence-electron chi connectivity index (χ1n) is 11.0. The molecular formula is C25H25FN2O6S2. The van der Waals surface area contributed by atoms with Crippen molar-refractivity contribution in [3.05, 3.63) is 101 Å². The molecule has 3 aromatic carbocycles. The van der Waals surface area contributed by atoms with Crippen molar-refractivity contribution < 1.29 is 30.9 Å². The zero-order valence-electron chi connectivity index (χ0n) is 19.3. The third-order valence-electron chi connectivity index (χ3n) is 5.53. The molecule has 3 aromatic rings. The van der Waals surface area contributed by atoms with Crippen molar-refractivity contribution in [2.45, 2.75) is 18.2 Å². The molecule has 1 atom stereocenters. The van der Waals surface area contributed by atoms with Crippen molar-refractivity contribution in [1.82, 2.24) is 4.31 Å². The largest absolute Gasteiger partial charge is 0.383 e. The summed E-state index contributed by atoms with van der Waals surface area (Å²) in [7, 11) is -7.25. The summed E-state index contributed by atoms with van der Waals surface area (Å²) in [6.07, 6.45) is 1.39. The van der Waals surface area contributed by atoms with Gasteiger partial charge in [-0.25, -0.2) is 8.70 Å². The predicted molar refractivity (Wildman–Crippen MR) is 137 cm³/mol. The number of amides is 1. The van der Waals surface area contributed by atoms with E-state index in [9.17, 15) is 26.7 Å². The molecule has 4 rings (SSSR count). The molecule has 1 aliphatic rings. The van der Waals surface area contributed by atoms with Gasteiger partial charge in [0.2, 0.25) is 0 Å². The van der Waals surface area contributed by atoms with Gasteiger partial charge in [0.15, 0.2) is 0 Å². The van der Waals surface area contributed by atoms with Crippen LogP contribution in [-0.4, -0.2) is 46.2 Å². The van der Waals surface area contributed by atoms with E-state index in [2.05, 4.69) is 4.99 Å². The van der Waals surface area contributed by atoms with Crippen molar-refractivity contribution >= 4 is 32.5 Å². The molecule has 1 aliphatic heterocycles. The molecular weight excluding hydrogens is 507 g/mol. The fourth-order valence-corrected chi connectivity index (χ4v) is 6.26. The summed E-state index contributed by atoms with van der Waals surface area (Å²) in [6.45, 7) is 0.0855. The Morgan fingerprint density at radius 2 is 1.58 bits per heavy atom. The lowest BCUT2D eigenvalue weighted by molar-refractivity contribution is -0.119. The van der Waals surface area contributed by atoms with Crippen LogP contribution in [0.5, 0.6) is 5.75 Å². The summed E-state index contributed by atoms with van der Waals surface area (Å²) < 4.78 is 64.1. The number of hydrogen-bond donors (Lipinski definition) is 2. The van der Waals surface area contributed by atoms with E-state index in [4.69, 9.17) is 4.18 Å². The van der Waals surface area contributed by atoms with Crippen LogP contribution in [0.2, 0.25) is 0 Å². The second-order valence-corrected chi connectivity index (χ2v) is 11.9. The molecule has 0 radical (unpaired) electrons. The molecule has 1 fully saturated rings. The van der Waals surface area contributed by atoms with Crippen molar-refractivity contribution in [3.63, 3.8) is 0 Å². The Morgan fingerprint density at radius 3 is 2.19 bits per heavy atom. The van der Waals surface area contributed by atoms with E-state index in [-0.39, 0.29) is 24.6 Å². The van der Waals surface area contributed by atoms with Gasteiger partial charge in [-0.2, -0.15) is 8.42 Å². The van der Waals surface area contributed by atoms with Gasteiger partial charge in [0.25, 0.3) is 5.91 Å². The van der Waals surface area contributed by atoms with E-state index in [1.807, 2.05) is 0 Å². The predicted octanol–water partition coefficient (Wildman–Crippen LogP) is 4.60. The monoisotopic (exact) mass is 532 g/mol. The highest BCUT2D eigenvalue weighted by molar-refractivity contribution is 8.24. The zero-order valence-corrected chi connectivity index (χ0v) is 21.0. The Bertz CT molecular complexity index is 1360. The summed E-state index contributed by atoms with van der Waals surface area (Å²) in [6, 6.07) is 20.6. The highest BCUT2D eigenvalue weighted by Gasteiger charge is 2.50. The third-order valence-corrected chi connectivity index (χ3v) is 8.10. The summed E-state index contributed by atoms with van der Waals surface area (Å²) in [5.41, 5.74) is 1.97. The zero-order chi connectivity index (χ0) is 25.9. The minimum absolute atomic E-state index is 0.0420. The van der Waals surface area contributed by atoms with Crippen LogP contribution < -0.4 is 4.18 Å². The van der Waals surface area contributed by atoms with Gasteiger partial charge < -0.3 is 4.18 Å². The fraction of sp³-hybridized carbons (Fsp3) is 0.200. The number of halogens is 1. The van der Waals surface area contributed by atoms with E-state index in [1.165, 1.54) is 36.4 Å². The molecule has 0 aromatic heterocycles. The van der Waals surface area contributed by atoms with Gasteiger partial charge >= 0.3 is 10.1 Å². The SMILES string of the molecule is CS(=O)(=O)Oc1ccc(CCN=C2C(=O)N(Cc3ccc(F)cc3)S(O)(O)C2c2ccccc2)cc1. The van der Waals surface area contributed by atoms with E-state index >= 15 is 0 Å². The van der Waals surface area contributed by atoms with E-state index in [1.54, 1.807) is 42.5 Å². The molecule has 2 N–H and O–H groups in total. The summed E-state index contributed by atoms with van der Waals surface area (Å²) in [4.78, 5) is 17.8. The van der Waals surface area contributed by atoms with Gasteiger partial charge in [0.1, 0.15) is 22.5 Å². The van der Waals surface area contributed by atoms with Crippen molar-refractivity contribution in [3.8, 4) is 5.75 Å². The fourth-order valence-electron chi connectivity index (χ4n) is 3.87. The number of rotatable bonds is 8. The second kappa shape index (κ2) is 10.4.